The van der Waals surface area contributed by atoms with Crippen LogP contribution in [0.5, 0.6) is 0 Å². The summed E-state index contributed by atoms with van der Waals surface area (Å²) in [5, 5.41) is 3.31. The van der Waals surface area contributed by atoms with Crippen LogP contribution in [0.2, 0.25) is 5.02 Å². The van der Waals surface area contributed by atoms with Gasteiger partial charge in [-0.2, -0.15) is 0 Å². The van der Waals surface area contributed by atoms with Crippen molar-refractivity contribution in [3.8, 4) is 0 Å². The van der Waals surface area contributed by atoms with Crippen LogP contribution in [0.25, 0.3) is 0 Å². The van der Waals surface area contributed by atoms with Crippen molar-refractivity contribution in [2.24, 2.45) is 11.7 Å². The summed E-state index contributed by atoms with van der Waals surface area (Å²) in [4.78, 5) is 38.1. The molecule has 0 aliphatic heterocycles. The minimum atomic E-state index is -0.741. The molecule has 25 heavy (non-hydrogen) atoms. The van der Waals surface area contributed by atoms with Crippen molar-refractivity contribution in [3.05, 3.63) is 34.9 Å². The average Bonchev–Trinajstić information content (AvgIpc) is 2.56. The predicted molar refractivity (Wildman–Crippen MR) is 98.2 cm³/mol. The highest BCUT2D eigenvalue weighted by molar-refractivity contribution is 6.30. The summed E-state index contributed by atoms with van der Waals surface area (Å²) < 4.78 is 0. The third-order valence-electron chi connectivity index (χ3n) is 4.10. The number of nitrogens with two attached hydrogens (primary N) is 1. The molecule has 0 aliphatic carbocycles. The van der Waals surface area contributed by atoms with Crippen molar-refractivity contribution in [3.63, 3.8) is 0 Å². The van der Waals surface area contributed by atoms with E-state index in [1.54, 1.807) is 38.1 Å². The Hall–Kier alpha value is -2.08. The van der Waals surface area contributed by atoms with E-state index < -0.39 is 11.9 Å². The molecule has 0 radical (unpaired) electrons. The molecular formula is C18H26ClN3O3. The fourth-order valence-electron chi connectivity index (χ4n) is 2.37. The molecule has 0 aliphatic rings. The summed E-state index contributed by atoms with van der Waals surface area (Å²) in [6.45, 7) is 7.24. The van der Waals surface area contributed by atoms with E-state index in [2.05, 4.69) is 5.32 Å². The highest BCUT2D eigenvalue weighted by Crippen LogP contribution is 2.15. The molecule has 1 aromatic carbocycles. The highest BCUT2D eigenvalue weighted by Gasteiger charge is 2.32. The molecule has 6 nitrogen and oxygen atoms in total. The molecule has 2 atom stereocenters. The molecule has 0 fully saturated rings. The first-order valence-electron chi connectivity index (χ1n) is 8.32. The fraction of sp³-hybridized carbons (Fsp3) is 0.500. The van der Waals surface area contributed by atoms with Crippen molar-refractivity contribution >= 4 is 29.3 Å². The van der Waals surface area contributed by atoms with Gasteiger partial charge in [-0.25, -0.2) is 0 Å². The molecule has 7 heteroatoms. The highest BCUT2D eigenvalue weighted by atomic mass is 35.5. The lowest BCUT2D eigenvalue weighted by Crippen LogP contribution is -2.55. The van der Waals surface area contributed by atoms with Crippen molar-refractivity contribution in [1.82, 2.24) is 10.2 Å². The van der Waals surface area contributed by atoms with E-state index >= 15 is 0 Å². The predicted octanol–water partition coefficient (Wildman–Crippen LogP) is 2.21. The Morgan fingerprint density at radius 2 is 1.72 bits per heavy atom. The molecule has 1 rings (SSSR count). The third kappa shape index (κ3) is 6.05. The molecule has 0 saturated heterocycles. The second kappa shape index (κ2) is 9.42. The number of benzene rings is 1. The van der Waals surface area contributed by atoms with Gasteiger partial charge in [0.1, 0.15) is 6.04 Å². The number of halogens is 1. The van der Waals surface area contributed by atoms with Gasteiger partial charge in [0, 0.05) is 16.6 Å². The van der Waals surface area contributed by atoms with Gasteiger partial charge in [-0.15, -0.1) is 0 Å². The summed E-state index contributed by atoms with van der Waals surface area (Å²) >= 11 is 5.83. The van der Waals surface area contributed by atoms with Gasteiger partial charge in [0.25, 0.3) is 5.91 Å². The smallest absolute Gasteiger partial charge is 0.251 e. The van der Waals surface area contributed by atoms with Crippen LogP contribution < -0.4 is 11.1 Å². The summed E-state index contributed by atoms with van der Waals surface area (Å²) in [5.41, 5.74) is 5.66. The number of hydrogen-bond donors (Lipinski definition) is 2. The van der Waals surface area contributed by atoms with Crippen LogP contribution in [0, 0.1) is 5.92 Å². The monoisotopic (exact) mass is 367 g/mol. The molecular weight excluding hydrogens is 342 g/mol. The molecule has 0 aromatic heterocycles. The van der Waals surface area contributed by atoms with Crippen molar-refractivity contribution in [2.75, 3.05) is 6.54 Å². The summed E-state index contributed by atoms with van der Waals surface area (Å²) in [5.74, 6) is -1.37. The minimum Gasteiger partial charge on any atom is -0.368 e. The Kier molecular flexibility index (Phi) is 7.90. The van der Waals surface area contributed by atoms with Crippen LogP contribution in [0.1, 0.15) is 44.5 Å². The Morgan fingerprint density at radius 1 is 1.16 bits per heavy atom. The van der Waals surface area contributed by atoms with Gasteiger partial charge in [0.15, 0.2) is 0 Å². The maximum Gasteiger partial charge on any atom is 0.251 e. The lowest BCUT2D eigenvalue weighted by Gasteiger charge is -2.32. The lowest BCUT2D eigenvalue weighted by molar-refractivity contribution is -0.139. The Morgan fingerprint density at radius 3 is 2.16 bits per heavy atom. The normalized spacial score (nSPS) is 13.2. The number of carbonyl (C=O) groups excluding carboxylic acids is 3. The van der Waals surface area contributed by atoms with E-state index in [1.807, 2.05) is 13.8 Å². The number of nitrogens with one attached hydrogen (secondary N) is 1. The number of hydrogen-bond acceptors (Lipinski definition) is 3. The standard InChI is InChI=1S/C18H26ClN3O3/c1-5-12(4)16(18(25)22(11(2)3)10-15(20)23)21-17(24)13-6-8-14(19)9-7-13/h6-9,11-12,16H,5,10H2,1-4H3,(H2,20,23)(H,21,24)/t12-,16-/m1/s1. The van der Waals surface area contributed by atoms with Gasteiger partial charge < -0.3 is 16.0 Å². The number of amides is 3. The number of primary amides is 1. The van der Waals surface area contributed by atoms with E-state index in [-0.39, 0.29) is 30.3 Å². The van der Waals surface area contributed by atoms with Crippen LogP contribution in [0.15, 0.2) is 24.3 Å². The Balaban J connectivity index is 3.02. The molecule has 0 saturated carbocycles. The SMILES string of the molecule is CC[C@@H](C)[C@@H](NC(=O)c1ccc(Cl)cc1)C(=O)N(CC(N)=O)C(C)C. The quantitative estimate of drug-likeness (QED) is 0.737. The lowest BCUT2D eigenvalue weighted by atomic mass is 9.96. The van der Waals surface area contributed by atoms with Crippen LogP contribution in [0.4, 0.5) is 0 Å². The topological polar surface area (TPSA) is 92.5 Å². The van der Waals surface area contributed by atoms with Gasteiger partial charge in [0.2, 0.25) is 11.8 Å². The summed E-state index contributed by atoms with van der Waals surface area (Å²) in [6, 6.07) is 5.47. The van der Waals surface area contributed by atoms with Gasteiger partial charge in [-0.1, -0.05) is 31.9 Å². The largest absolute Gasteiger partial charge is 0.368 e. The Bertz CT molecular complexity index is 616. The van der Waals surface area contributed by atoms with Crippen LogP contribution in [0.3, 0.4) is 0 Å². The first-order chi connectivity index (χ1) is 11.7. The number of carbonyl (C=O) groups is 3. The summed E-state index contributed by atoms with van der Waals surface area (Å²) in [6.07, 6.45) is 0.694. The van der Waals surface area contributed by atoms with Crippen molar-refractivity contribution in [1.29, 1.82) is 0 Å². The second-order valence-corrected chi connectivity index (χ2v) is 6.81. The number of nitrogens with zero attached hydrogens (tertiary/aromatic N) is 1. The van der Waals surface area contributed by atoms with E-state index in [0.29, 0.717) is 17.0 Å². The Labute approximate surface area is 153 Å². The van der Waals surface area contributed by atoms with Gasteiger partial charge in [0.05, 0.1) is 6.54 Å². The molecule has 0 bridgehead atoms. The molecule has 138 valence electrons. The first kappa shape index (κ1) is 21.0. The molecule has 0 unspecified atom stereocenters. The van der Waals surface area contributed by atoms with E-state index in [9.17, 15) is 14.4 Å². The van der Waals surface area contributed by atoms with E-state index in [4.69, 9.17) is 17.3 Å². The van der Waals surface area contributed by atoms with E-state index in [0.717, 1.165) is 0 Å². The maximum absolute atomic E-state index is 12.9. The van der Waals surface area contributed by atoms with Crippen molar-refractivity contribution in [2.45, 2.75) is 46.2 Å². The van der Waals surface area contributed by atoms with Crippen LogP contribution >= 0.6 is 11.6 Å². The zero-order valence-corrected chi connectivity index (χ0v) is 15.8. The van der Waals surface area contributed by atoms with Gasteiger partial charge in [-0.3, -0.25) is 14.4 Å². The van der Waals surface area contributed by atoms with Crippen LogP contribution in [-0.2, 0) is 9.59 Å². The third-order valence-corrected chi connectivity index (χ3v) is 4.36. The van der Waals surface area contributed by atoms with Crippen molar-refractivity contribution < 1.29 is 14.4 Å². The fourth-order valence-corrected chi connectivity index (χ4v) is 2.50. The molecule has 0 spiro atoms. The van der Waals surface area contributed by atoms with Gasteiger partial charge >= 0.3 is 0 Å². The molecule has 3 N–H and O–H groups in total. The average molecular weight is 368 g/mol. The molecule has 3 amide bonds. The zero-order chi connectivity index (χ0) is 19.1. The zero-order valence-electron chi connectivity index (χ0n) is 15.1. The van der Waals surface area contributed by atoms with Gasteiger partial charge in [-0.05, 0) is 44.0 Å². The summed E-state index contributed by atoms with van der Waals surface area (Å²) in [7, 11) is 0. The first-order valence-corrected chi connectivity index (χ1v) is 8.70. The molecule has 1 aromatic rings. The maximum atomic E-state index is 12.9. The van der Waals surface area contributed by atoms with Crippen LogP contribution in [-0.4, -0.2) is 41.2 Å². The van der Waals surface area contributed by atoms with E-state index in [1.165, 1.54) is 4.90 Å². The second-order valence-electron chi connectivity index (χ2n) is 6.37. The number of rotatable bonds is 8. The molecule has 0 heterocycles. The minimum absolute atomic E-state index is 0.0992.